The van der Waals surface area contributed by atoms with Crippen molar-refractivity contribution in [3.05, 3.63) is 47.3 Å². The molecule has 1 aromatic heterocycles. The summed E-state index contributed by atoms with van der Waals surface area (Å²) in [5.41, 5.74) is 1.48. The van der Waals surface area contributed by atoms with Gasteiger partial charge in [0.2, 0.25) is 0 Å². The maximum Gasteiger partial charge on any atom is 0.431 e. The molecular weight excluding hydrogens is 379 g/mol. The molecule has 2 aliphatic rings. The Hall–Kier alpha value is -2.00. The maximum absolute atomic E-state index is 13.3. The Kier molecular flexibility index (Phi) is 4.08. The average molecular weight is 399 g/mol. The van der Waals surface area contributed by atoms with Gasteiger partial charge in [-0.25, -0.2) is 8.42 Å². The summed E-state index contributed by atoms with van der Waals surface area (Å²) in [4.78, 5) is 3.84. The zero-order valence-corrected chi connectivity index (χ0v) is 15.7. The first-order chi connectivity index (χ1) is 12.6. The van der Waals surface area contributed by atoms with Crippen molar-refractivity contribution in [3.63, 3.8) is 0 Å². The van der Waals surface area contributed by atoms with Crippen LogP contribution in [0.3, 0.4) is 0 Å². The summed E-state index contributed by atoms with van der Waals surface area (Å²) in [6.07, 6.45) is -3.07. The van der Waals surface area contributed by atoms with Crippen LogP contribution in [0.2, 0.25) is 0 Å². The predicted octanol–water partition coefficient (Wildman–Crippen LogP) is 3.34. The molecule has 4 rings (SSSR count). The summed E-state index contributed by atoms with van der Waals surface area (Å²) in [6, 6.07) is 5.97. The number of likely N-dealkylation sites (N-methyl/N-ethyl adjacent to an activating group) is 1. The average Bonchev–Trinajstić information content (AvgIpc) is 3.18. The van der Waals surface area contributed by atoms with E-state index in [1.807, 2.05) is 31.1 Å². The summed E-state index contributed by atoms with van der Waals surface area (Å²) in [5.74, 6) is 0.00875. The Bertz CT molecular complexity index is 984. The van der Waals surface area contributed by atoms with Gasteiger partial charge in [-0.1, -0.05) is 17.7 Å². The van der Waals surface area contributed by atoms with Gasteiger partial charge in [-0.05, 0) is 44.6 Å². The van der Waals surface area contributed by atoms with Crippen LogP contribution >= 0.6 is 0 Å². The first-order valence-electron chi connectivity index (χ1n) is 8.68. The number of hydrogen-bond acceptors (Lipinski definition) is 3. The highest BCUT2D eigenvalue weighted by Crippen LogP contribution is 2.47. The number of hydrogen-bond donors (Lipinski definition) is 1. The topological polar surface area (TPSA) is 56.4 Å². The smallest absolute Gasteiger partial charge is 0.356 e. The van der Waals surface area contributed by atoms with Gasteiger partial charge in [-0.2, -0.15) is 13.2 Å². The van der Waals surface area contributed by atoms with Crippen molar-refractivity contribution < 1.29 is 21.6 Å². The number of nitrogens with one attached hydrogen (secondary N) is 1. The van der Waals surface area contributed by atoms with Crippen molar-refractivity contribution in [2.75, 3.05) is 24.4 Å². The standard InChI is InChI=1S/C18H20F3N3O2S/c1-11-3-4-15-13(7-11)14-10-23(2)6-5-16(14)24(15)27(25,26)12-8-17(22-9-12)18(19,20)21/h3-4,7-9,14,16,22H,5-6,10H2,1-2H3/t14-,16-/m1/s1. The minimum atomic E-state index is -4.62. The number of H-pyrrole nitrogens is 1. The van der Waals surface area contributed by atoms with E-state index in [1.165, 1.54) is 4.31 Å². The lowest BCUT2D eigenvalue weighted by atomic mass is 9.89. The van der Waals surface area contributed by atoms with E-state index in [2.05, 4.69) is 4.90 Å². The number of aromatic amines is 1. The first-order valence-corrected chi connectivity index (χ1v) is 10.1. The molecule has 0 radical (unpaired) electrons. The summed E-state index contributed by atoms with van der Waals surface area (Å²) in [6.45, 7) is 3.40. The molecule has 2 aromatic rings. The van der Waals surface area contributed by atoms with Crippen molar-refractivity contribution >= 4 is 15.7 Å². The Morgan fingerprint density at radius 1 is 1.22 bits per heavy atom. The number of rotatable bonds is 2. The van der Waals surface area contributed by atoms with Crippen molar-refractivity contribution in [2.45, 2.75) is 36.4 Å². The van der Waals surface area contributed by atoms with Crippen molar-refractivity contribution in [3.8, 4) is 0 Å². The molecule has 0 bridgehead atoms. The number of likely N-dealkylation sites (tertiary alicyclic amines) is 1. The highest BCUT2D eigenvalue weighted by molar-refractivity contribution is 7.92. The Morgan fingerprint density at radius 2 is 1.96 bits per heavy atom. The van der Waals surface area contributed by atoms with Gasteiger partial charge in [-0.3, -0.25) is 4.31 Å². The molecule has 0 spiro atoms. The number of alkyl halides is 3. The largest absolute Gasteiger partial charge is 0.431 e. The number of piperidine rings is 1. The molecule has 1 saturated heterocycles. The maximum atomic E-state index is 13.3. The SMILES string of the molecule is Cc1ccc2c(c1)[C@H]1CN(C)CC[C@H]1N2S(=O)(=O)c1c[nH]c(C(F)(F)F)c1. The van der Waals surface area contributed by atoms with Gasteiger partial charge in [0.25, 0.3) is 10.0 Å². The monoisotopic (exact) mass is 399 g/mol. The van der Waals surface area contributed by atoms with Crippen molar-refractivity contribution in [2.24, 2.45) is 0 Å². The Balaban J connectivity index is 1.81. The summed E-state index contributed by atoms with van der Waals surface area (Å²) >= 11 is 0. The number of nitrogens with zero attached hydrogens (tertiary/aromatic N) is 2. The number of anilines is 1. The van der Waals surface area contributed by atoms with Crippen LogP contribution in [0.1, 0.15) is 29.2 Å². The molecule has 0 unspecified atom stereocenters. The van der Waals surface area contributed by atoms with Crippen LogP contribution in [0.4, 0.5) is 18.9 Å². The lowest BCUT2D eigenvalue weighted by molar-refractivity contribution is -0.140. The lowest BCUT2D eigenvalue weighted by Crippen LogP contribution is -2.47. The molecule has 146 valence electrons. The van der Waals surface area contributed by atoms with Crippen LogP contribution in [0.25, 0.3) is 0 Å². The van der Waals surface area contributed by atoms with E-state index in [9.17, 15) is 21.6 Å². The third-order valence-electron chi connectivity index (χ3n) is 5.42. The van der Waals surface area contributed by atoms with Crippen LogP contribution in [0, 0.1) is 6.92 Å². The molecule has 1 N–H and O–H groups in total. The number of fused-ring (bicyclic) bond motifs is 3. The molecule has 0 saturated carbocycles. The summed E-state index contributed by atoms with van der Waals surface area (Å²) < 4.78 is 66.7. The fourth-order valence-electron chi connectivity index (χ4n) is 4.15. The molecule has 9 heteroatoms. The number of aryl methyl sites for hydroxylation is 1. The number of sulfonamides is 1. The second-order valence-electron chi connectivity index (χ2n) is 7.33. The molecule has 3 heterocycles. The molecule has 2 aliphatic heterocycles. The van der Waals surface area contributed by atoms with E-state index in [0.29, 0.717) is 24.7 Å². The van der Waals surface area contributed by atoms with Crippen molar-refractivity contribution in [1.82, 2.24) is 9.88 Å². The highest BCUT2D eigenvalue weighted by atomic mass is 32.2. The fraction of sp³-hybridized carbons (Fsp3) is 0.444. The molecule has 0 amide bonds. The van der Waals surface area contributed by atoms with Crippen LogP contribution < -0.4 is 4.31 Å². The van der Waals surface area contributed by atoms with Gasteiger partial charge in [0.05, 0.1) is 11.7 Å². The van der Waals surface area contributed by atoms with E-state index >= 15 is 0 Å². The zero-order chi connectivity index (χ0) is 19.6. The Morgan fingerprint density at radius 3 is 2.63 bits per heavy atom. The molecule has 0 aliphatic carbocycles. The van der Waals surface area contributed by atoms with Crippen LogP contribution in [0.15, 0.2) is 35.4 Å². The minimum absolute atomic E-state index is 0.00875. The third-order valence-corrected chi connectivity index (χ3v) is 7.24. The molecule has 2 atom stereocenters. The van der Waals surface area contributed by atoms with Gasteiger partial charge in [0, 0.05) is 18.7 Å². The van der Waals surface area contributed by atoms with Crippen LogP contribution in [0.5, 0.6) is 0 Å². The third kappa shape index (κ3) is 2.93. The normalized spacial score (nSPS) is 23.4. The van der Waals surface area contributed by atoms with Crippen LogP contribution in [-0.4, -0.2) is 44.5 Å². The quantitative estimate of drug-likeness (QED) is 0.843. The van der Waals surface area contributed by atoms with Crippen LogP contribution in [-0.2, 0) is 16.2 Å². The van der Waals surface area contributed by atoms with Gasteiger partial charge in [0.1, 0.15) is 10.6 Å². The fourth-order valence-corrected chi connectivity index (χ4v) is 5.88. The zero-order valence-electron chi connectivity index (χ0n) is 14.9. The van der Waals surface area contributed by atoms with Gasteiger partial charge in [0.15, 0.2) is 0 Å². The first kappa shape index (κ1) is 18.4. The Labute approximate surface area is 155 Å². The van der Waals surface area contributed by atoms with E-state index in [4.69, 9.17) is 0 Å². The predicted molar refractivity (Wildman–Crippen MR) is 95.3 cm³/mol. The number of halogens is 3. The molecule has 5 nitrogen and oxygen atoms in total. The molecule has 27 heavy (non-hydrogen) atoms. The lowest BCUT2D eigenvalue weighted by Gasteiger charge is -2.36. The molecule has 1 aromatic carbocycles. The van der Waals surface area contributed by atoms with E-state index in [1.54, 1.807) is 6.07 Å². The second kappa shape index (κ2) is 6.00. The summed E-state index contributed by atoms with van der Waals surface area (Å²) in [5, 5.41) is 0. The van der Waals surface area contributed by atoms with Gasteiger partial charge in [-0.15, -0.1) is 0 Å². The summed E-state index contributed by atoms with van der Waals surface area (Å²) in [7, 11) is -2.12. The highest BCUT2D eigenvalue weighted by Gasteiger charge is 2.47. The van der Waals surface area contributed by atoms with Crippen molar-refractivity contribution in [1.29, 1.82) is 0 Å². The van der Waals surface area contributed by atoms with Gasteiger partial charge >= 0.3 is 6.18 Å². The minimum Gasteiger partial charge on any atom is -0.356 e. The number of benzene rings is 1. The van der Waals surface area contributed by atoms with E-state index in [-0.39, 0.29) is 16.9 Å². The molecular formula is C18H20F3N3O2S. The molecule has 1 fully saturated rings. The second-order valence-corrected chi connectivity index (χ2v) is 9.15. The van der Waals surface area contributed by atoms with E-state index in [0.717, 1.165) is 23.9 Å². The van der Waals surface area contributed by atoms with E-state index < -0.39 is 21.9 Å². The van der Waals surface area contributed by atoms with Gasteiger partial charge < -0.3 is 9.88 Å². The number of aromatic nitrogens is 1.